The maximum Gasteiger partial charge on any atom is 0.296 e. The van der Waals surface area contributed by atoms with Gasteiger partial charge in [0.05, 0.1) is 0 Å². The summed E-state index contributed by atoms with van der Waals surface area (Å²) in [6.45, 7) is 2.84. The molecule has 1 unspecified atom stereocenters. The van der Waals surface area contributed by atoms with E-state index in [0.717, 1.165) is 24.8 Å². The molecular weight excluding hydrogens is 238 g/mol. The number of aliphatic hydroxyl groups is 1. The molecule has 2 N–H and O–H groups in total. The van der Waals surface area contributed by atoms with E-state index in [9.17, 15) is 4.79 Å². The molecule has 0 saturated heterocycles. The van der Waals surface area contributed by atoms with E-state index >= 15 is 0 Å². The topological polar surface area (TPSA) is 49.3 Å². The van der Waals surface area contributed by atoms with Crippen molar-refractivity contribution in [1.82, 2.24) is 5.32 Å². The summed E-state index contributed by atoms with van der Waals surface area (Å²) in [5, 5.41) is 11.7. The number of rotatable bonds is 6. The maximum absolute atomic E-state index is 11.6. The van der Waals surface area contributed by atoms with Gasteiger partial charge in [0.2, 0.25) is 0 Å². The Morgan fingerprint density at radius 3 is 2.68 bits per heavy atom. The van der Waals surface area contributed by atoms with Crippen LogP contribution < -0.4 is 5.32 Å². The van der Waals surface area contributed by atoms with Crippen LogP contribution in [0, 0.1) is 17.8 Å². The van der Waals surface area contributed by atoms with Gasteiger partial charge in [-0.05, 0) is 30.9 Å². The normalized spacial score (nSPS) is 11.3. The molecule has 0 aliphatic heterocycles. The standard InChI is InChI=1S/C16H21NO2/c1-2-6-15(11-12-18)13-17-16(19)10-9-14-7-4-3-5-8-14/h3-5,7-8,15,18H,2,6,11-13H2,1H3,(H,17,19). The van der Waals surface area contributed by atoms with Gasteiger partial charge in [-0.2, -0.15) is 0 Å². The zero-order valence-electron chi connectivity index (χ0n) is 11.4. The van der Waals surface area contributed by atoms with Crippen LogP contribution in [-0.4, -0.2) is 24.2 Å². The lowest BCUT2D eigenvalue weighted by molar-refractivity contribution is -0.115. The predicted molar refractivity (Wildman–Crippen MR) is 76.4 cm³/mol. The summed E-state index contributed by atoms with van der Waals surface area (Å²) < 4.78 is 0. The van der Waals surface area contributed by atoms with E-state index in [4.69, 9.17) is 5.11 Å². The van der Waals surface area contributed by atoms with Crippen molar-refractivity contribution in [1.29, 1.82) is 0 Å². The van der Waals surface area contributed by atoms with Crippen molar-refractivity contribution in [2.24, 2.45) is 5.92 Å². The highest BCUT2D eigenvalue weighted by molar-refractivity contribution is 5.94. The second-order valence-electron chi connectivity index (χ2n) is 4.49. The van der Waals surface area contributed by atoms with E-state index in [1.54, 1.807) is 0 Å². The highest BCUT2D eigenvalue weighted by atomic mass is 16.3. The lowest BCUT2D eigenvalue weighted by Crippen LogP contribution is -2.28. The van der Waals surface area contributed by atoms with Crippen molar-refractivity contribution in [3.05, 3.63) is 35.9 Å². The van der Waals surface area contributed by atoms with Gasteiger partial charge in [0.25, 0.3) is 5.91 Å². The Morgan fingerprint density at radius 1 is 1.32 bits per heavy atom. The van der Waals surface area contributed by atoms with Crippen LogP contribution in [0.3, 0.4) is 0 Å². The fourth-order valence-electron chi connectivity index (χ4n) is 1.87. The van der Waals surface area contributed by atoms with Crippen molar-refractivity contribution in [2.75, 3.05) is 13.2 Å². The molecule has 0 fully saturated rings. The molecule has 0 radical (unpaired) electrons. The smallest absolute Gasteiger partial charge is 0.296 e. The first kappa shape index (κ1) is 15.3. The third-order valence-electron chi connectivity index (χ3n) is 2.88. The zero-order chi connectivity index (χ0) is 13.9. The fraction of sp³-hybridized carbons (Fsp3) is 0.438. The summed E-state index contributed by atoms with van der Waals surface area (Å²) in [7, 11) is 0. The second-order valence-corrected chi connectivity index (χ2v) is 4.49. The number of aliphatic hydroxyl groups excluding tert-OH is 1. The molecule has 0 aliphatic carbocycles. The van der Waals surface area contributed by atoms with Gasteiger partial charge in [-0.1, -0.05) is 37.5 Å². The number of carbonyl (C=O) groups is 1. The lowest BCUT2D eigenvalue weighted by Gasteiger charge is -2.14. The SMILES string of the molecule is CCCC(CCO)CNC(=O)C#Cc1ccccc1. The van der Waals surface area contributed by atoms with Gasteiger partial charge in [0.15, 0.2) is 0 Å². The molecule has 3 heteroatoms. The Morgan fingerprint density at radius 2 is 2.05 bits per heavy atom. The molecule has 0 saturated carbocycles. The summed E-state index contributed by atoms with van der Waals surface area (Å²) in [6.07, 6.45) is 2.78. The van der Waals surface area contributed by atoms with Crippen molar-refractivity contribution in [3.8, 4) is 11.8 Å². The van der Waals surface area contributed by atoms with Gasteiger partial charge in [0.1, 0.15) is 0 Å². The fourth-order valence-corrected chi connectivity index (χ4v) is 1.87. The summed E-state index contributed by atoms with van der Waals surface area (Å²) >= 11 is 0. The molecule has 0 spiro atoms. The Hall–Kier alpha value is -1.79. The van der Waals surface area contributed by atoms with Gasteiger partial charge >= 0.3 is 0 Å². The third kappa shape index (κ3) is 6.64. The quantitative estimate of drug-likeness (QED) is 0.767. The Kier molecular flexibility index (Phi) is 7.38. The van der Waals surface area contributed by atoms with Crippen LogP contribution in [0.5, 0.6) is 0 Å². The molecule has 1 rings (SSSR count). The van der Waals surface area contributed by atoms with Crippen LogP contribution in [0.15, 0.2) is 30.3 Å². The minimum absolute atomic E-state index is 0.163. The second kappa shape index (κ2) is 9.18. The number of hydrogen-bond acceptors (Lipinski definition) is 2. The molecule has 0 bridgehead atoms. The summed E-state index contributed by atoms with van der Waals surface area (Å²) in [4.78, 5) is 11.6. The van der Waals surface area contributed by atoms with E-state index in [2.05, 4.69) is 24.1 Å². The van der Waals surface area contributed by atoms with Crippen molar-refractivity contribution in [2.45, 2.75) is 26.2 Å². The molecule has 1 atom stereocenters. The zero-order valence-corrected chi connectivity index (χ0v) is 11.4. The Bertz CT molecular complexity index is 425. The molecule has 0 aliphatic rings. The maximum atomic E-state index is 11.6. The largest absolute Gasteiger partial charge is 0.396 e. The number of amides is 1. The van der Waals surface area contributed by atoms with E-state index < -0.39 is 0 Å². The van der Waals surface area contributed by atoms with Gasteiger partial charge in [0, 0.05) is 24.6 Å². The first-order valence-electron chi connectivity index (χ1n) is 6.72. The van der Waals surface area contributed by atoms with Crippen LogP contribution >= 0.6 is 0 Å². The Balaban J connectivity index is 2.41. The number of carbonyl (C=O) groups excluding carboxylic acids is 1. The minimum Gasteiger partial charge on any atom is -0.396 e. The molecular formula is C16H21NO2. The van der Waals surface area contributed by atoms with Crippen molar-refractivity contribution < 1.29 is 9.90 Å². The molecule has 19 heavy (non-hydrogen) atoms. The molecule has 1 amide bonds. The van der Waals surface area contributed by atoms with Crippen molar-refractivity contribution >= 4 is 5.91 Å². The molecule has 0 heterocycles. The van der Waals surface area contributed by atoms with E-state index in [1.807, 2.05) is 30.3 Å². The average Bonchev–Trinajstić information content (AvgIpc) is 2.44. The number of benzene rings is 1. The van der Waals surface area contributed by atoms with Crippen LogP contribution in [0.2, 0.25) is 0 Å². The lowest BCUT2D eigenvalue weighted by atomic mass is 10.0. The average molecular weight is 259 g/mol. The van der Waals surface area contributed by atoms with Gasteiger partial charge < -0.3 is 10.4 Å². The first-order chi connectivity index (χ1) is 9.26. The molecule has 3 nitrogen and oxygen atoms in total. The van der Waals surface area contributed by atoms with E-state index in [0.29, 0.717) is 12.5 Å². The number of hydrogen-bond donors (Lipinski definition) is 2. The molecule has 102 valence electrons. The monoisotopic (exact) mass is 259 g/mol. The Labute approximate surface area is 115 Å². The van der Waals surface area contributed by atoms with Gasteiger partial charge in [-0.25, -0.2) is 0 Å². The highest BCUT2D eigenvalue weighted by Crippen LogP contribution is 2.09. The third-order valence-corrected chi connectivity index (χ3v) is 2.88. The van der Waals surface area contributed by atoms with Crippen LogP contribution in [0.25, 0.3) is 0 Å². The van der Waals surface area contributed by atoms with Gasteiger partial charge in [-0.15, -0.1) is 0 Å². The summed E-state index contributed by atoms with van der Waals surface area (Å²) in [5.74, 6) is 5.47. The van der Waals surface area contributed by atoms with E-state index in [1.165, 1.54) is 0 Å². The first-order valence-corrected chi connectivity index (χ1v) is 6.72. The highest BCUT2D eigenvalue weighted by Gasteiger charge is 2.07. The minimum atomic E-state index is -0.261. The van der Waals surface area contributed by atoms with Crippen molar-refractivity contribution in [3.63, 3.8) is 0 Å². The molecule has 0 aromatic heterocycles. The van der Waals surface area contributed by atoms with Crippen LogP contribution in [0.4, 0.5) is 0 Å². The van der Waals surface area contributed by atoms with Crippen LogP contribution in [-0.2, 0) is 4.79 Å². The van der Waals surface area contributed by atoms with Gasteiger partial charge in [-0.3, -0.25) is 4.79 Å². The van der Waals surface area contributed by atoms with E-state index in [-0.39, 0.29) is 12.5 Å². The summed E-state index contributed by atoms with van der Waals surface area (Å²) in [6, 6.07) is 9.42. The predicted octanol–water partition coefficient (Wildman–Crippen LogP) is 1.95. The summed E-state index contributed by atoms with van der Waals surface area (Å²) in [5.41, 5.74) is 0.832. The molecule has 1 aromatic rings. The molecule has 1 aromatic carbocycles. The van der Waals surface area contributed by atoms with Crippen LogP contribution in [0.1, 0.15) is 31.7 Å². The number of nitrogens with one attached hydrogen (secondary N) is 1.